The lowest BCUT2D eigenvalue weighted by molar-refractivity contribution is -0.0908. The maximum atomic E-state index is 11.5. The molecule has 0 atom stereocenters. The Hall–Kier alpha value is -1.41. The van der Waals surface area contributed by atoms with Crippen LogP contribution in [0.25, 0.3) is 0 Å². The highest BCUT2D eigenvalue weighted by Gasteiger charge is 2.37. The molecular formula is C14H23BO6. The van der Waals surface area contributed by atoms with Crippen molar-refractivity contribution in [2.75, 3.05) is 0 Å². The zero-order valence-corrected chi connectivity index (χ0v) is 13.0. The molecular weight excluding hydrogens is 275 g/mol. The van der Waals surface area contributed by atoms with Gasteiger partial charge in [0, 0.05) is 0 Å². The molecule has 0 spiro atoms. The molecule has 6 nitrogen and oxygen atoms in total. The molecule has 0 saturated carbocycles. The Morgan fingerprint density at radius 3 is 1.90 bits per heavy atom. The van der Waals surface area contributed by atoms with Gasteiger partial charge >= 0.3 is 7.32 Å². The molecule has 7 heteroatoms. The Morgan fingerprint density at radius 1 is 1.10 bits per heavy atom. The molecule has 21 heavy (non-hydrogen) atoms. The summed E-state index contributed by atoms with van der Waals surface area (Å²) in [4.78, 5) is 11.5. The molecule has 0 aliphatic heterocycles. The first-order chi connectivity index (χ1) is 9.38. The summed E-state index contributed by atoms with van der Waals surface area (Å²) in [6.07, 6.45) is 0. The Bertz CT molecular complexity index is 462. The van der Waals surface area contributed by atoms with Gasteiger partial charge in [-0.2, -0.15) is 0 Å². The minimum Gasteiger partial charge on any atom is -0.484 e. The second-order valence-electron chi connectivity index (χ2n) is 5.57. The molecule has 0 aliphatic rings. The van der Waals surface area contributed by atoms with E-state index in [1.807, 2.05) is 6.07 Å². The predicted molar refractivity (Wildman–Crippen MR) is 79.9 cm³/mol. The van der Waals surface area contributed by atoms with E-state index in [2.05, 4.69) is 0 Å². The van der Waals surface area contributed by atoms with Crippen molar-refractivity contribution in [2.45, 2.75) is 45.8 Å². The van der Waals surface area contributed by atoms with E-state index in [0.29, 0.717) is 11.3 Å². The molecule has 0 bridgehead atoms. The number of hydrogen-bond donors (Lipinski definition) is 4. The molecule has 0 radical (unpaired) electrons. The maximum absolute atomic E-state index is 11.5. The smallest absolute Gasteiger partial charge is 0.484 e. The van der Waals surface area contributed by atoms with Gasteiger partial charge in [0.2, 0.25) is 0 Å². The summed E-state index contributed by atoms with van der Waals surface area (Å²) in [7, 11) is -2.17. The molecule has 0 unspecified atom stereocenters. The molecule has 1 aromatic carbocycles. The van der Waals surface area contributed by atoms with Gasteiger partial charge in [0.05, 0.1) is 11.2 Å². The summed E-state index contributed by atoms with van der Waals surface area (Å²) in [6, 6.07) is 7.06. The van der Waals surface area contributed by atoms with Crippen molar-refractivity contribution < 1.29 is 29.7 Å². The van der Waals surface area contributed by atoms with Crippen LogP contribution < -0.4 is 4.74 Å². The predicted octanol–water partition coefficient (Wildman–Crippen LogP) is 0.766. The standard InChI is InChI=1S/C14H20O3.BH3O3/c1-10(15)11-8-6-7-9-12(11)17-14(4,5)13(2,3)16;2-1(3)4/h6-9,16H,1-5H3;2-4H. The summed E-state index contributed by atoms with van der Waals surface area (Å²) in [5.41, 5.74) is -1.25. The summed E-state index contributed by atoms with van der Waals surface area (Å²) < 4.78 is 5.79. The summed E-state index contributed by atoms with van der Waals surface area (Å²) in [5.74, 6) is 0.458. The maximum Gasteiger partial charge on any atom is 0.631 e. The van der Waals surface area contributed by atoms with Crippen molar-refractivity contribution in [3.05, 3.63) is 29.8 Å². The van der Waals surface area contributed by atoms with Gasteiger partial charge in [0.15, 0.2) is 5.78 Å². The fourth-order valence-corrected chi connectivity index (χ4v) is 1.25. The Balaban J connectivity index is 0.000000885. The quantitative estimate of drug-likeness (QED) is 0.483. The molecule has 0 amide bonds. The van der Waals surface area contributed by atoms with E-state index < -0.39 is 18.5 Å². The summed E-state index contributed by atoms with van der Waals surface area (Å²) in [5, 5.41) is 31.5. The van der Waals surface area contributed by atoms with E-state index in [9.17, 15) is 9.90 Å². The lowest BCUT2D eigenvalue weighted by atomic mass is 9.89. The highest BCUT2D eigenvalue weighted by Crippen LogP contribution is 2.30. The van der Waals surface area contributed by atoms with E-state index in [1.165, 1.54) is 6.92 Å². The van der Waals surface area contributed by atoms with Crippen LogP contribution in [0, 0.1) is 0 Å². The number of rotatable bonds is 4. The van der Waals surface area contributed by atoms with Crippen molar-refractivity contribution in [2.24, 2.45) is 0 Å². The van der Waals surface area contributed by atoms with Gasteiger partial charge in [-0.15, -0.1) is 0 Å². The fraction of sp³-hybridized carbons (Fsp3) is 0.500. The van der Waals surface area contributed by atoms with Crippen LogP contribution in [-0.4, -0.2) is 44.5 Å². The third-order valence-electron chi connectivity index (χ3n) is 3.10. The average Bonchev–Trinajstić information content (AvgIpc) is 2.26. The van der Waals surface area contributed by atoms with Gasteiger partial charge < -0.3 is 24.9 Å². The first-order valence-electron chi connectivity index (χ1n) is 6.44. The largest absolute Gasteiger partial charge is 0.631 e. The molecule has 118 valence electrons. The molecule has 1 rings (SSSR count). The number of benzene rings is 1. The van der Waals surface area contributed by atoms with Gasteiger partial charge in [0.25, 0.3) is 0 Å². The van der Waals surface area contributed by atoms with Gasteiger partial charge in [0.1, 0.15) is 11.4 Å². The minimum atomic E-state index is -2.17. The van der Waals surface area contributed by atoms with Crippen molar-refractivity contribution in [3.63, 3.8) is 0 Å². The van der Waals surface area contributed by atoms with E-state index in [1.54, 1.807) is 45.9 Å². The number of carbonyl (C=O) groups is 1. The Kier molecular flexibility index (Phi) is 7.05. The fourth-order valence-electron chi connectivity index (χ4n) is 1.25. The molecule has 0 saturated heterocycles. The van der Waals surface area contributed by atoms with Crippen LogP contribution in [0.2, 0.25) is 0 Å². The Labute approximate surface area is 125 Å². The van der Waals surface area contributed by atoms with E-state index in [0.717, 1.165) is 0 Å². The number of ether oxygens (including phenoxy) is 1. The van der Waals surface area contributed by atoms with E-state index in [4.69, 9.17) is 19.8 Å². The Morgan fingerprint density at radius 2 is 1.52 bits per heavy atom. The zero-order valence-electron chi connectivity index (χ0n) is 13.0. The molecule has 1 aromatic rings. The summed E-state index contributed by atoms with van der Waals surface area (Å²) in [6.45, 7) is 8.46. The third kappa shape index (κ3) is 6.72. The van der Waals surface area contributed by atoms with Gasteiger partial charge in [-0.05, 0) is 46.8 Å². The molecule has 4 N–H and O–H groups in total. The number of para-hydroxylation sites is 1. The molecule has 0 aromatic heterocycles. The van der Waals surface area contributed by atoms with Crippen LogP contribution in [0.1, 0.15) is 45.0 Å². The topological polar surface area (TPSA) is 107 Å². The molecule has 0 aliphatic carbocycles. The number of carbonyl (C=O) groups excluding carboxylic acids is 1. The van der Waals surface area contributed by atoms with Gasteiger partial charge in [-0.1, -0.05) is 12.1 Å². The van der Waals surface area contributed by atoms with Crippen LogP contribution in [0.15, 0.2) is 24.3 Å². The number of ketones is 1. The SMILES string of the molecule is CC(=O)c1ccccc1OC(C)(C)C(C)(C)O.OB(O)O. The molecule has 0 heterocycles. The first-order valence-corrected chi connectivity index (χ1v) is 6.44. The van der Waals surface area contributed by atoms with Crippen molar-refractivity contribution in [1.82, 2.24) is 0 Å². The van der Waals surface area contributed by atoms with Crippen LogP contribution in [0.3, 0.4) is 0 Å². The monoisotopic (exact) mass is 298 g/mol. The lowest BCUT2D eigenvalue weighted by Crippen LogP contribution is -2.49. The second-order valence-corrected chi connectivity index (χ2v) is 5.57. The third-order valence-corrected chi connectivity index (χ3v) is 3.10. The van der Waals surface area contributed by atoms with Crippen LogP contribution in [0.4, 0.5) is 0 Å². The van der Waals surface area contributed by atoms with Gasteiger partial charge in [-0.25, -0.2) is 0 Å². The highest BCUT2D eigenvalue weighted by molar-refractivity contribution is 6.30. The van der Waals surface area contributed by atoms with Gasteiger partial charge in [-0.3, -0.25) is 4.79 Å². The van der Waals surface area contributed by atoms with Crippen LogP contribution >= 0.6 is 0 Å². The second kappa shape index (κ2) is 7.56. The first kappa shape index (κ1) is 19.6. The highest BCUT2D eigenvalue weighted by atomic mass is 16.5. The minimum absolute atomic E-state index is 0.0489. The van der Waals surface area contributed by atoms with E-state index in [-0.39, 0.29) is 5.78 Å². The van der Waals surface area contributed by atoms with Crippen LogP contribution in [-0.2, 0) is 0 Å². The number of Topliss-reactive ketones (excluding diaryl/α,β-unsaturated/α-hetero) is 1. The van der Waals surface area contributed by atoms with Crippen molar-refractivity contribution >= 4 is 13.1 Å². The zero-order chi connectivity index (χ0) is 16.8. The normalized spacial score (nSPS) is 11.3. The number of hydrogen-bond acceptors (Lipinski definition) is 6. The number of aliphatic hydroxyl groups is 1. The van der Waals surface area contributed by atoms with Crippen molar-refractivity contribution in [1.29, 1.82) is 0 Å². The van der Waals surface area contributed by atoms with E-state index >= 15 is 0 Å². The molecule has 0 fully saturated rings. The van der Waals surface area contributed by atoms with Crippen LogP contribution in [0.5, 0.6) is 5.75 Å². The average molecular weight is 298 g/mol. The lowest BCUT2D eigenvalue weighted by Gasteiger charge is -2.37. The van der Waals surface area contributed by atoms with Crippen molar-refractivity contribution in [3.8, 4) is 5.75 Å². The summed E-state index contributed by atoms with van der Waals surface area (Å²) >= 11 is 0.